The number of nitrogens with zero attached hydrogens (tertiary/aromatic N) is 1. The SMILES string of the molecule is [B]c1ccc2c(C#N)c[nH]c2c1. The van der Waals surface area contributed by atoms with Gasteiger partial charge in [-0.25, -0.2) is 0 Å². The van der Waals surface area contributed by atoms with E-state index in [0.717, 1.165) is 10.9 Å². The molecule has 2 nitrogen and oxygen atoms in total. The number of rotatable bonds is 0. The Balaban J connectivity index is 2.84. The molecule has 0 saturated carbocycles. The maximum absolute atomic E-state index is 8.69. The Labute approximate surface area is 71.2 Å². The Morgan fingerprint density at radius 3 is 3.00 bits per heavy atom. The van der Waals surface area contributed by atoms with E-state index < -0.39 is 0 Å². The number of benzene rings is 1. The van der Waals surface area contributed by atoms with Crippen molar-refractivity contribution in [2.45, 2.75) is 0 Å². The molecule has 1 aromatic carbocycles. The Kier molecular flexibility index (Phi) is 1.41. The lowest BCUT2D eigenvalue weighted by Crippen LogP contribution is -1.99. The number of nitrogens with one attached hydrogen (secondary N) is 1. The van der Waals surface area contributed by atoms with Gasteiger partial charge in [0, 0.05) is 17.1 Å². The molecule has 0 unspecified atom stereocenters. The second-order valence-electron chi connectivity index (χ2n) is 2.62. The third kappa shape index (κ3) is 0.893. The third-order valence-corrected chi connectivity index (χ3v) is 1.83. The molecule has 1 heterocycles. The van der Waals surface area contributed by atoms with Crippen molar-refractivity contribution in [1.29, 1.82) is 5.26 Å². The van der Waals surface area contributed by atoms with Crippen LogP contribution in [0.3, 0.4) is 0 Å². The first-order chi connectivity index (χ1) is 5.81. The van der Waals surface area contributed by atoms with Gasteiger partial charge in [0.05, 0.1) is 5.56 Å². The van der Waals surface area contributed by atoms with E-state index in [1.807, 2.05) is 12.1 Å². The predicted molar refractivity (Wildman–Crippen MR) is 48.4 cm³/mol. The molecule has 1 aromatic heterocycles. The number of H-pyrrole nitrogens is 1. The molecular formula is C9H5BN2. The number of aromatic amines is 1. The van der Waals surface area contributed by atoms with Crippen molar-refractivity contribution in [3.63, 3.8) is 0 Å². The Morgan fingerprint density at radius 1 is 1.42 bits per heavy atom. The maximum atomic E-state index is 8.69. The number of nitriles is 1. The fourth-order valence-corrected chi connectivity index (χ4v) is 1.24. The van der Waals surface area contributed by atoms with Gasteiger partial charge < -0.3 is 4.98 Å². The van der Waals surface area contributed by atoms with Crippen molar-refractivity contribution < 1.29 is 0 Å². The Hall–Kier alpha value is -1.69. The molecule has 0 saturated heterocycles. The van der Waals surface area contributed by atoms with Gasteiger partial charge in [-0.15, -0.1) is 0 Å². The highest BCUT2D eigenvalue weighted by molar-refractivity contribution is 6.33. The number of aromatic nitrogens is 1. The summed E-state index contributed by atoms with van der Waals surface area (Å²) in [6.45, 7) is 0. The van der Waals surface area contributed by atoms with Gasteiger partial charge in [-0.1, -0.05) is 17.6 Å². The summed E-state index contributed by atoms with van der Waals surface area (Å²) in [4.78, 5) is 2.98. The van der Waals surface area contributed by atoms with Crippen LogP contribution in [0, 0.1) is 11.3 Å². The molecule has 0 aliphatic rings. The number of hydrogen-bond donors (Lipinski definition) is 1. The third-order valence-electron chi connectivity index (χ3n) is 1.83. The molecule has 2 rings (SSSR count). The standard InChI is InChI=1S/C9H5BN2/c10-7-1-2-8-6(4-11)5-12-9(8)3-7/h1-3,5,12H. The minimum Gasteiger partial charge on any atom is -0.360 e. The van der Waals surface area contributed by atoms with Crippen molar-refractivity contribution in [2.24, 2.45) is 0 Å². The molecule has 12 heavy (non-hydrogen) atoms. The Bertz CT molecular complexity index is 465. The molecule has 1 N–H and O–H groups in total. The van der Waals surface area contributed by atoms with Gasteiger partial charge in [0.25, 0.3) is 0 Å². The fraction of sp³-hybridized carbons (Fsp3) is 0. The summed E-state index contributed by atoms with van der Waals surface area (Å²) in [5, 5.41) is 9.62. The minimum atomic E-state index is 0.657. The van der Waals surface area contributed by atoms with E-state index >= 15 is 0 Å². The first-order valence-corrected chi connectivity index (χ1v) is 3.58. The summed E-state index contributed by atoms with van der Waals surface area (Å²) in [7, 11) is 5.57. The van der Waals surface area contributed by atoms with Crippen LogP contribution < -0.4 is 5.46 Å². The van der Waals surface area contributed by atoms with Crippen molar-refractivity contribution in [3.05, 3.63) is 30.0 Å². The van der Waals surface area contributed by atoms with E-state index in [9.17, 15) is 0 Å². The monoisotopic (exact) mass is 152 g/mol. The first-order valence-electron chi connectivity index (χ1n) is 3.58. The molecule has 3 heteroatoms. The summed E-state index contributed by atoms with van der Waals surface area (Å²) in [6.07, 6.45) is 1.68. The van der Waals surface area contributed by atoms with E-state index in [2.05, 4.69) is 11.1 Å². The molecular weight excluding hydrogens is 147 g/mol. The van der Waals surface area contributed by atoms with Crippen molar-refractivity contribution >= 4 is 24.2 Å². The van der Waals surface area contributed by atoms with Crippen LogP contribution in [0.2, 0.25) is 0 Å². The molecule has 0 fully saturated rings. The van der Waals surface area contributed by atoms with E-state index in [4.69, 9.17) is 13.1 Å². The highest BCUT2D eigenvalue weighted by atomic mass is 14.7. The fourth-order valence-electron chi connectivity index (χ4n) is 1.24. The summed E-state index contributed by atoms with van der Waals surface area (Å²) in [5.74, 6) is 0. The molecule has 0 aliphatic heterocycles. The minimum absolute atomic E-state index is 0.657. The van der Waals surface area contributed by atoms with Crippen LogP contribution in [-0.4, -0.2) is 12.8 Å². The van der Waals surface area contributed by atoms with Crippen molar-refractivity contribution in [3.8, 4) is 6.07 Å². The van der Waals surface area contributed by atoms with Gasteiger partial charge in [-0.05, 0) is 6.07 Å². The van der Waals surface area contributed by atoms with Crippen LogP contribution in [0.5, 0.6) is 0 Å². The average molecular weight is 152 g/mol. The van der Waals surface area contributed by atoms with Crippen molar-refractivity contribution in [2.75, 3.05) is 0 Å². The molecule has 0 amide bonds. The van der Waals surface area contributed by atoms with Crippen molar-refractivity contribution in [1.82, 2.24) is 4.98 Å². The first kappa shape index (κ1) is 6.99. The molecule has 0 aliphatic carbocycles. The van der Waals surface area contributed by atoms with Crippen LogP contribution in [0.4, 0.5) is 0 Å². The summed E-state index contributed by atoms with van der Waals surface area (Å²) >= 11 is 0. The lowest BCUT2D eigenvalue weighted by molar-refractivity contribution is 1.45. The lowest BCUT2D eigenvalue weighted by Gasteiger charge is -1.92. The summed E-state index contributed by atoms with van der Waals surface area (Å²) < 4.78 is 0. The highest BCUT2D eigenvalue weighted by Gasteiger charge is 2.00. The van der Waals surface area contributed by atoms with Crippen LogP contribution in [0.1, 0.15) is 5.56 Å². The zero-order valence-electron chi connectivity index (χ0n) is 6.33. The number of hydrogen-bond acceptors (Lipinski definition) is 1. The summed E-state index contributed by atoms with van der Waals surface area (Å²) in [5.41, 5.74) is 2.27. The zero-order chi connectivity index (χ0) is 8.55. The van der Waals surface area contributed by atoms with Gasteiger partial charge in [-0.3, -0.25) is 0 Å². The van der Waals surface area contributed by atoms with E-state index in [1.54, 1.807) is 12.3 Å². The average Bonchev–Trinajstić information content (AvgIpc) is 2.46. The number of fused-ring (bicyclic) bond motifs is 1. The van der Waals surface area contributed by atoms with E-state index in [1.165, 1.54) is 0 Å². The molecule has 0 bridgehead atoms. The van der Waals surface area contributed by atoms with Crippen LogP contribution in [-0.2, 0) is 0 Å². The zero-order valence-corrected chi connectivity index (χ0v) is 6.33. The lowest BCUT2D eigenvalue weighted by atomic mass is 9.95. The topological polar surface area (TPSA) is 39.6 Å². The quantitative estimate of drug-likeness (QED) is 0.558. The van der Waals surface area contributed by atoms with Gasteiger partial charge in [0.1, 0.15) is 13.9 Å². The van der Waals surface area contributed by atoms with Crippen LogP contribution >= 0.6 is 0 Å². The highest BCUT2D eigenvalue weighted by Crippen LogP contribution is 2.14. The molecule has 0 spiro atoms. The predicted octanol–water partition coefficient (Wildman–Crippen LogP) is 0.833. The van der Waals surface area contributed by atoms with E-state index in [-0.39, 0.29) is 0 Å². The smallest absolute Gasteiger partial charge is 0.113 e. The largest absolute Gasteiger partial charge is 0.360 e. The normalized spacial score (nSPS) is 9.92. The molecule has 54 valence electrons. The second kappa shape index (κ2) is 2.42. The maximum Gasteiger partial charge on any atom is 0.113 e. The molecule has 0 atom stereocenters. The van der Waals surface area contributed by atoms with Gasteiger partial charge in [0.15, 0.2) is 0 Å². The van der Waals surface area contributed by atoms with Gasteiger partial charge >= 0.3 is 0 Å². The molecule has 2 aromatic rings. The Morgan fingerprint density at radius 2 is 2.25 bits per heavy atom. The van der Waals surface area contributed by atoms with Crippen LogP contribution in [0.15, 0.2) is 24.4 Å². The van der Waals surface area contributed by atoms with Gasteiger partial charge in [0.2, 0.25) is 0 Å². The van der Waals surface area contributed by atoms with E-state index in [0.29, 0.717) is 11.0 Å². The summed E-state index contributed by atoms with van der Waals surface area (Å²) in [6, 6.07) is 7.55. The van der Waals surface area contributed by atoms with Gasteiger partial charge in [-0.2, -0.15) is 5.26 Å². The van der Waals surface area contributed by atoms with Crippen LogP contribution in [0.25, 0.3) is 10.9 Å². The molecule has 2 radical (unpaired) electrons. The second-order valence-corrected chi connectivity index (χ2v) is 2.62.